The Morgan fingerprint density at radius 2 is 1.79 bits per heavy atom. The molecule has 1 aromatic heterocycles. The van der Waals surface area contributed by atoms with Gasteiger partial charge in [0.2, 0.25) is 5.95 Å². The maximum atomic E-state index is 12.9. The molecular weight excluding hydrogens is 366 g/mol. The number of amides is 1. The molecule has 5 rings (SSSR count). The fraction of sp³-hybridized carbons (Fsp3) is 0.773. The van der Waals surface area contributed by atoms with Crippen LogP contribution >= 0.6 is 0 Å². The second kappa shape index (κ2) is 8.00. The first-order valence-electron chi connectivity index (χ1n) is 11.5. The number of hydrogen-bond acceptors (Lipinski definition) is 6. The molecule has 2 aliphatic carbocycles. The Labute approximate surface area is 173 Å². The van der Waals surface area contributed by atoms with E-state index >= 15 is 0 Å². The van der Waals surface area contributed by atoms with Crippen LogP contribution in [0.5, 0.6) is 0 Å². The highest BCUT2D eigenvalue weighted by atomic mass is 16.6. The highest BCUT2D eigenvalue weighted by molar-refractivity contribution is 5.71. The molecule has 0 radical (unpaired) electrons. The van der Waals surface area contributed by atoms with Crippen molar-refractivity contribution in [2.24, 2.45) is 11.8 Å². The summed E-state index contributed by atoms with van der Waals surface area (Å²) in [6.07, 6.45) is 14.0. The van der Waals surface area contributed by atoms with E-state index in [1.54, 1.807) is 6.20 Å². The highest BCUT2D eigenvalue weighted by Gasteiger charge is 2.51. The summed E-state index contributed by atoms with van der Waals surface area (Å²) >= 11 is 0. The van der Waals surface area contributed by atoms with Crippen molar-refractivity contribution in [3.8, 4) is 0 Å². The largest absolute Gasteiger partial charge is 0.444 e. The lowest BCUT2D eigenvalue weighted by molar-refractivity contribution is 0.0234. The molecule has 158 valence electrons. The molecule has 0 spiro atoms. The van der Waals surface area contributed by atoms with Crippen LogP contribution < -0.4 is 10.6 Å². The minimum Gasteiger partial charge on any atom is -0.444 e. The Kier molecular flexibility index (Phi) is 5.22. The van der Waals surface area contributed by atoms with Gasteiger partial charge in [-0.05, 0) is 37.7 Å². The maximum Gasteiger partial charge on any atom is 0.410 e. The van der Waals surface area contributed by atoms with Crippen LogP contribution in [-0.4, -0.2) is 52.2 Å². The summed E-state index contributed by atoms with van der Waals surface area (Å²) in [7, 11) is 0. The molecule has 4 fully saturated rings. The number of carbonyl (C=O) groups is 1. The molecule has 0 bridgehead atoms. The summed E-state index contributed by atoms with van der Waals surface area (Å²) in [5.41, 5.74) is 5.74. The fourth-order valence-electron chi connectivity index (χ4n) is 6.35. The molecule has 3 heterocycles. The topological polar surface area (TPSA) is 84.6 Å². The molecular formula is C22H33N5O2. The van der Waals surface area contributed by atoms with Crippen molar-refractivity contribution in [3.63, 3.8) is 0 Å². The standard InChI is InChI=1S/C22H33N5O2/c23-21-24-12-9-19(25-21)26-13-10-16(11-14-26)27-18-8-4-7-17(20(18)29-22(27)28)15-5-2-1-3-6-15/h9,12,15-18,20H,1-8,10-11,13-14H2,(H2,23,24,25). The van der Waals surface area contributed by atoms with E-state index in [2.05, 4.69) is 19.8 Å². The summed E-state index contributed by atoms with van der Waals surface area (Å²) in [6, 6.07) is 2.47. The van der Waals surface area contributed by atoms with Gasteiger partial charge in [-0.25, -0.2) is 9.78 Å². The number of fused-ring (bicyclic) bond motifs is 1. The van der Waals surface area contributed by atoms with Crippen molar-refractivity contribution < 1.29 is 9.53 Å². The van der Waals surface area contributed by atoms with Gasteiger partial charge in [0.25, 0.3) is 0 Å². The fourth-order valence-corrected chi connectivity index (χ4v) is 6.35. The molecule has 29 heavy (non-hydrogen) atoms. The zero-order valence-corrected chi connectivity index (χ0v) is 17.2. The number of hydrogen-bond donors (Lipinski definition) is 1. The number of rotatable bonds is 3. The third-order valence-corrected chi connectivity index (χ3v) is 7.74. The summed E-state index contributed by atoms with van der Waals surface area (Å²) in [5.74, 6) is 2.53. The Hall–Kier alpha value is -2.05. The van der Waals surface area contributed by atoms with Gasteiger partial charge in [0.1, 0.15) is 11.9 Å². The molecule has 7 nitrogen and oxygen atoms in total. The summed E-state index contributed by atoms with van der Waals surface area (Å²) in [4.78, 5) is 25.6. The van der Waals surface area contributed by atoms with Crippen molar-refractivity contribution >= 4 is 17.9 Å². The van der Waals surface area contributed by atoms with E-state index in [0.29, 0.717) is 11.9 Å². The quantitative estimate of drug-likeness (QED) is 0.836. The Balaban J connectivity index is 1.25. The first-order chi connectivity index (χ1) is 14.2. The van der Waals surface area contributed by atoms with Crippen LogP contribution in [0.3, 0.4) is 0 Å². The number of piperidine rings is 1. The number of nitrogens with two attached hydrogens (primary N) is 1. The number of aromatic nitrogens is 2. The molecule has 1 aromatic rings. The van der Waals surface area contributed by atoms with Crippen molar-refractivity contribution in [3.05, 3.63) is 12.3 Å². The smallest absolute Gasteiger partial charge is 0.410 e. The van der Waals surface area contributed by atoms with Crippen LogP contribution in [0.2, 0.25) is 0 Å². The van der Waals surface area contributed by atoms with Crippen molar-refractivity contribution in [1.29, 1.82) is 0 Å². The monoisotopic (exact) mass is 399 g/mol. The number of anilines is 2. The Morgan fingerprint density at radius 1 is 1.00 bits per heavy atom. The lowest BCUT2D eigenvalue weighted by atomic mass is 9.70. The van der Waals surface area contributed by atoms with Gasteiger partial charge in [-0.15, -0.1) is 0 Å². The Morgan fingerprint density at radius 3 is 2.55 bits per heavy atom. The second-order valence-corrected chi connectivity index (χ2v) is 9.31. The van der Waals surface area contributed by atoms with Crippen LogP contribution in [-0.2, 0) is 4.74 Å². The lowest BCUT2D eigenvalue weighted by Crippen LogP contribution is -2.52. The molecule has 3 unspecified atom stereocenters. The molecule has 4 aliphatic rings. The van der Waals surface area contributed by atoms with E-state index < -0.39 is 0 Å². The number of ether oxygens (including phenoxy) is 1. The number of carbonyl (C=O) groups excluding carboxylic acids is 1. The number of nitrogens with zero attached hydrogens (tertiary/aromatic N) is 4. The predicted octanol–water partition coefficient (Wildman–Crippen LogP) is 3.60. The summed E-state index contributed by atoms with van der Waals surface area (Å²) in [5, 5.41) is 0. The molecule has 2 saturated heterocycles. The molecule has 2 N–H and O–H groups in total. The Bertz CT molecular complexity index is 730. The summed E-state index contributed by atoms with van der Waals surface area (Å²) < 4.78 is 6.06. The van der Waals surface area contributed by atoms with Gasteiger partial charge >= 0.3 is 6.09 Å². The van der Waals surface area contributed by atoms with Gasteiger partial charge in [0, 0.05) is 31.2 Å². The first kappa shape index (κ1) is 18.9. The SMILES string of the molecule is Nc1nccc(N2CCC(N3C(=O)OC4C(C5CCCCC5)CCCC43)CC2)n1. The second-order valence-electron chi connectivity index (χ2n) is 9.31. The zero-order chi connectivity index (χ0) is 19.8. The van der Waals surface area contributed by atoms with Gasteiger partial charge in [-0.2, -0.15) is 4.98 Å². The highest BCUT2D eigenvalue weighted by Crippen LogP contribution is 2.45. The third kappa shape index (κ3) is 3.64. The first-order valence-corrected chi connectivity index (χ1v) is 11.5. The average molecular weight is 400 g/mol. The minimum absolute atomic E-state index is 0.0626. The lowest BCUT2D eigenvalue weighted by Gasteiger charge is -2.42. The predicted molar refractivity (Wildman–Crippen MR) is 111 cm³/mol. The zero-order valence-electron chi connectivity index (χ0n) is 17.2. The van der Waals surface area contributed by atoms with E-state index in [9.17, 15) is 4.79 Å². The van der Waals surface area contributed by atoms with E-state index in [4.69, 9.17) is 10.5 Å². The molecule has 0 aromatic carbocycles. The minimum atomic E-state index is -0.0626. The van der Waals surface area contributed by atoms with E-state index in [-0.39, 0.29) is 24.3 Å². The van der Waals surface area contributed by atoms with Crippen molar-refractivity contribution in [2.45, 2.75) is 82.4 Å². The third-order valence-electron chi connectivity index (χ3n) is 7.74. The van der Waals surface area contributed by atoms with Gasteiger partial charge in [-0.3, -0.25) is 4.90 Å². The molecule has 2 aliphatic heterocycles. The van der Waals surface area contributed by atoms with Crippen LogP contribution in [0.1, 0.15) is 64.2 Å². The molecule has 1 amide bonds. The van der Waals surface area contributed by atoms with E-state index in [1.165, 1.54) is 44.9 Å². The van der Waals surface area contributed by atoms with Gasteiger partial charge in [-0.1, -0.05) is 38.5 Å². The van der Waals surface area contributed by atoms with Crippen LogP contribution in [0.15, 0.2) is 12.3 Å². The normalized spacial score (nSPS) is 31.6. The molecule has 3 atom stereocenters. The average Bonchev–Trinajstić information content (AvgIpc) is 3.10. The van der Waals surface area contributed by atoms with Crippen molar-refractivity contribution in [2.75, 3.05) is 23.7 Å². The maximum absolute atomic E-state index is 12.9. The van der Waals surface area contributed by atoms with E-state index in [0.717, 1.165) is 44.1 Å². The number of nitrogen functional groups attached to an aromatic ring is 1. The van der Waals surface area contributed by atoms with E-state index in [1.807, 2.05) is 6.07 Å². The van der Waals surface area contributed by atoms with Gasteiger partial charge in [0.05, 0.1) is 6.04 Å². The summed E-state index contributed by atoms with van der Waals surface area (Å²) in [6.45, 7) is 1.77. The van der Waals surface area contributed by atoms with Crippen LogP contribution in [0.4, 0.5) is 16.6 Å². The van der Waals surface area contributed by atoms with Crippen molar-refractivity contribution in [1.82, 2.24) is 14.9 Å². The van der Waals surface area contributed by atoms with Gasteiger partial charge in [0.15, 0.2) is 0 Å². The van der Waals surface area contributed by atoms with Gasteiger partial charge < -0.3 is 15.4 Å². The van der Waals surface area contributed by atoms with Crippen LogP contribution in [0, 0.1) is 11.8 Å². The molecule has 2 saturated carbocycles. The van der Waals surface area contributed by atoms with Crippen LogP contribution in [0.25, 0.3) is 0 Å². The molecule has 7 heteroatoms.